The standard InChI is InChI=1S/C27H21ClN10O.C21H19N9.C6H4ClNO2.CH4.ClH/c1-36-11-17(8-33-36)15-5-18(26-16(6-29)7-34-38(26)12-15)22-9-32-23(10-31-22)37-13-19-20(14-37)24(19)35-27(39)25-21(28)3-2-4-30-25;1-28-8-14(5-26-28)12-2-15(21-13(3-22)4-27-30(21)9-12)18-6-25-19(7-24-18)29-10-16-17(11-29)20(16)23;7-4-2-1-3-8-5(4)6(9)10;;/h2-5,7-12,19-20,24H,13-14H2,1H3,(H,35,39);2,4-9,16-17,20H,10-11,23H2,1H3;1-3H,(H,9,10);1H4;1H/t19-,20+,24?;16-,17+,20?;;;. The largest absolute Gasteiger partial charge is 0.476 e. The lowest BCUT2D eigenvalue weighted by atomic mass is 10.0. The molecule has 81 heavy (non-hydrogen) atoms. The van der Waals surface area contributed by atoms with Gasteiger partial charge in [0.1, 0.15) is 29.5 Å². The molecule has 4 fully saturated rings. The molecule has 2 saturated carbocycles. The molecule has 23 nitrogen and oxygen atoms in total. The van der Waals surface area contributed by atoms with Gasteiger partial charge in [-0.3, -0.25) is 24.1 Å². The van der Waals surface area contributed by atoms with E-state index in [-0.39, 0.29) is 48.2 Å². The van der Waals surface area contributed by atoms with Crippen molar-refractivity contribution in [1.29, 1.82) is 10.5 Å². The molecule has 2 saturated heterocycles. The van der Waals surface area contributed by atoms with Crippen molar-refractivity contribution in [3.63, 3.8) is 0 Å². The Morgan fingerprint density at radius 1 is 0.617 bits per heavy atom. The highest BCUT2D eigenvalue weighted by atomic mass is 35.5. The maximum Gasteiger partial charge on any atom is 0.356 e. The second-order valence-corrected chi connectivity index (χ2v) is 20.4. The van der Waals surface area contributed by atoms with Crippen molar-refractivity contribution in [1.82, 2.24) is 74.0 Å². The van der Waals surface area contributed by atoms with E-state index in [0.29, 0.717) is 62.8 Å². The minimum absolute atomic E-state index is 0. The molecule has 4 aliphatic rings. The number of piperidine rings is 2. The quantitative estimate of drug-likeness (QED) is 0.132. The topological polar surface area (TPSA) is 294 Å². The van der Waals surface area contributed by atoms with Crippen LogP contribution in [0.5, 0.6) is 0 Å². The molecule has 12 heterocycles. The molecule has 10 aromatic heterocycles. The number of carboxylic acids is 1. The van der Waals surface area contributed by atoms with E-state index in [1.165, 1.54) is 12.3 Å². The highest BCUT2D eigenvalue weighted by molar-refractivity contribution is 6.33. The molecule has 14 rings (SSSR count). The monoisotopic (exact) mass is 1140 g/mol. The van der Waals surface area contributed by atoms with Gasteiger partial charge in [-0.25, -0.2) is 33.8 Å². The fourth-order valence-corrected chi connectivity index (χ4v) is 10.9. The van der Waals surface area contributed by atoms with Crippen molar-refractivity contribution in [3.05, 3.63) is 156 Å². The number of fused-ring (bicyclic) bond motifs is 4. The van der Waals surface area contributed by atoms with Gasteiger partial charge in [0.2, 0.25) is 0 Å². The summed E-state index contributed by atoms with van der Waals surface area (Å²) < 4.78 is 6.92. The Bertz CT molecular complexity index is 4070. The van der Waals surface area contributed by atoms with E-state index in [9.17, 15) is 20.1 Å². The predicted molar refractivity (Wildman–Crippen MR) is 303 cm³/mol. The van der Waals surface area contributed by atoms with Crippen LogP contribution in [-0.4, -0.2) is 124 Å². The number of halogens is 3. The summed E-state index contributed by atoms with van der Waals surface area (Å²) in [5.74, 6) is 2.17. The first-order valence-corrected chi connectivity index (χ1v) is 25.6. The highest BCUT2D eigenvalue weighted by Crippen LogP contribution is 2.47. The van der Waals surface area contributed by atoms with Crippen LogP contribution in [0, 0.1) is 46.3 Å². The van der Waals surface area contributed by atoms with E-state index in [4.69, 9.17) is 49.0 Å². The van der Waals surface area contributed by atoms with Crippen LogP contribution in [0.4, 0.5) is 11.6 Å². The lowest BCUT2D eigenvalue weighted by Gasteiger charge is -2.21. The number of nitriles is 2. The van der Waals surface area contributed by atoms with Gasteiger partial charge in [0.25, 0.3) is 5.91 Å². The zero-order valence-corrected chi connectivity index (χ0v) is 44.7. The predicted octanol–water partition coefficient (Wildman–Crippen LogP) is 6.92. The number of rotatable bonds is 9. The lowest BCUT2D eigenvalue weighted by molar-refractivity contribution is 0.0690. The van der Waals surface area contributed by atoms with Crippen molar-refractivity contribution < 1.29 is 14.7 Å². The number of anilines is 2. The van der Waals surface area contributed by atoms with Crippen LogP contribution in [0.1, 0.15) is 39.5 Å². The molecule has 0 aromatic carbocycles. The second-order valence-electron chi connectivity index (χ2n) is 19.6. The molecule has 2 aliphatic heterocycles. The zero-order chi connectivity index (χ0) is 54.6. The number of amides is 1. The van der Waals surface area contributed by atoms with Crippen LogP contribution in [-0.2, 0) is 14.1 Å². The summed E-state index contributed by atoms with van der Waals surface area (Å²) in [7, 11) is 3.74. The summed E-state index contributed by atoms with van der Waals surface area (Å²) in [4.78, 5) is 53.7. The summed E-state index contributed by atoms with van der Waals surface area (Å²) in [5.41, 5.74) is 15.2. The van der Waals surface area contributed by atoms with E-state index >= 15 is 0 Å². The SMILES string of the molecule is C.Cl.Cn1cc(-c2cc(-c3cnc(N4C[C@@H]5C(N)[C@@H]5C4)cn3)c3c(C#N)cnn3c2)cn1.Cn1cc(-c2cc(-c3cnc(N4C[C@@H]5C(NC(=O)c6ncccc6Cl)[C@@H]5C4)cn3)c3c(C#N)cnn3c2)cn1.O=C(O)c1ncccc1Cl. The van der Waals surface area contributed by atoms with Crippen molar-refractivity contribution in [2.45, 2.75) is 19.5 Å². The summed E-state index contributed by atoms with van der Waals surface area (Å²) in [6.07, 6.45) is 24.4. The van der Waals surface area contributed by atoms with Crippen molar-refractivity contribution in [3.8, 4) is 56.9 Å². The smallest absolute Gasteiger partial charge is 0.356 e. The van der Waals surface area contributed by atoms with Gasteiger partial charge in [-0.05, 0) is 48.2 Å². The number of pyridine rings is 4. The summed E-state index contributed by atoms with van der Waals surface area (Å²) in [6.45, 7) is 3.45. The van der Waals surface area contributed by atoms with Gasteiger partial charge in [-0.15, -0.1) is 12.4 Å². The number of carboxylic acid groups (broad SMARTS) is 1. The molecule has 6 atom stereocenters. The molecule has 2 unspecified atom stereocenters. The molecule has 0 spiro atoms. The summed E-state index contributed by atoms with van der Waals surface area (Å²) >= 11 is 11.6. The van der Waals surface area contributed by atoms with Crippen LogP contribution in [0.2, 0.25) is 10.0 Å². The van der Waals surface area contributed by atoms with Crippen molar-refractivity contribution in [2.24, 2.45) is 43.5 Å². The zero-order valence-electron chi connectivity index (χ0n) is 42.4. The number of aromatic carboxylic acids is 1. The molecule has 2 aliphatic carbocycles. The molecule has 10 aromatic rings. The molecule has 408 valence electrons. The maximum absolute atomic E-state index is 12.6. The second kappa shape index (κ2) is 22.4. The fourth-order valence-electron chi connectivity index (χ4n) is 10.5. The number of carbonyl (C=O) groups is 2. The van der Waals surface area contributed by atoms with E-state index in [0.717, 1.165) is 76.7 Å². The van der Waals surface area contributed by atoms with Crippen LogP contribution in [0.3, 0.4) is 0 Å². The van der Waals surface area contributed by atoms with Gasteiger partial charge in [-0.2, -0.15) is 30.9 Å². The van der Waals surface area contributed by atoms with Gasteiger partial charge in [0.05, 0.1) is 93.2 Å². The molecule has 0 radical (unpaired) electrons. The maximum atomic E-state index is 12.6. The third kappa shape index (κ3) is 10.7. The average Bonchev–Trinajstić information content (AvgIpc) is 4.17. The first-order valence-electron chi connectivity index (χ1n) is 24.8. The number of nitrogens with one attached hydrogen (secondary N) is 1. The van der Waals surface area contributed by atoms with Gasteiger partial charge >= 0.3 is 5.97 Å². The first-order chi connectivity index (χ1) is 38.3. The van der Waals surface area contributed by atoms with Gasteiger partial charge in [0, 0.05) is 135 Å². The Labute approximate surface area is 478 Å². The van der Waals surface area contributed by atoms with Gasteiger partial charge < -0.3 is 26.0 Å². The number of aromatic nitrogens is 14. The number of nitrogens with zero attached hydrogens (tertiary/aromatic N) is 18. The van der Waals surface area contributed by atoms with Crippen LogP contribution >= 0.6 is 35.6 Å². The normalized spacial score (nSPS) is 18.9. The minimum Gasteiger partial charge on any atom is -0.476 e. The Balaban J connectivity index is 0.000000155. The minimum atomic E-state index is -1.11. The summed E-state index contributed by atoms with van der Waals surface area (Å²) in [6, 6.07) is 15.3. The van der Waals surface area contributed by atoms with Crippen molar-refractivity contribution in [2.75, 3.05) is 36.0 Å². The van der Waals surface area contributed by atoms with Gasteiger partial charge in [0.15, 0.2) is 5.69 Å². The van der Waals surface area contributed by atoms with Gasteiger partial charge in [-0.1, -0.05) is 30.6 Å². The third-order valence-electron chi connectivity index (χ3n) is 14.7. The molecular weight excluding hydrogens is 1100 g/mol. The van der Waals surface area contributed by atoms with E-state index in [1.807, 2.05) is 51.0 Å². The third-order valence-corrected chi connectivity index (χ3v) is 15.3. The first kappa shape index (κ1) is 54.9. The number of aryl methyl sites for hydroxylation is 2. The van der Waals surface area contributed by atoms with E-state index in [1.54, 1.807) is 92.4 Å². The number of hydrogen-bond acceptors (Lipinski definition) is 17. The van der Waals surface area contributed by atoms with E-state index < -0.39 is 5.97 Å². The molecule has 0 bridgehead atoms. The Morgan fingerprint density at radius 2 is 1.07 bits per heavy atom. The highest BCUT2D eigenvalue weighted by Gasteiger charge is 2.57. The Hall–Kier alpha value is -9.39. The Morgan fingerprint density at radius 3 is 1.46 bits per heavy atom. The molecule has 26 heteroatoms. The molecule has 1 amide bonds. The summed E-state index contributed by atoms with van der Waals surface area (Å²) in [5, 5.41) is 48.5. The Kier molecular flexibility index (Phi) is 15.2. The van der Waals surface area contributed by atoms with Crippen LogP contribution in [0.15, 0.2) is 123 Å². The number of nitrogens with two attached hydrogens (primary N) is 1. The van der Waals surface area contributed by atoms with Crippen molar-refractivity contribution >= 4 is 70.2 Å². The lowest BCUT2D eigenvalue weighted by Crippen LogP contribution is -2.35. The van der Waals surface area contributed by atoms with E-state index in [2.05, 4.69) is 62.6 Å². The molecular formula is C55H49Cl3N20O3. The number of carbonyl (C=O) groups excluding carboxylic acids is 1. The average molecular weight is 1140 g/mol. The van der Waals surface area contributed by atoms with Crippen LogP contribution in [0.25, 0.3) is 55.8 Å². The number of hydrogen-bond donors (Lipinski definition) is 3. The molecule has 4 N–H and O–H groups in total. The fraction of sp³-hybridized carbons (Fsp3) is 0.236. The van der Waals surface area contributed by atoms with Crippen LogP contribution < -0.4 is 20.9 Å².